The fraction of sp³-hybridized carbons (Fsp3) is 0. The third kappa shape index (κ3) is 3.50. The summed E-state index contributed by atoms with van der Waals surface area (Å²) in [6.45, 7) is 0. The van der Waals surface area contributed by atoms with E-state index in [-0.39, 0.29) is 0 Å². The highest BCUT2D eigenvalue weighted by atomic mass is 79.9. The van der Waals surface area contributed by atoms with Crippen molar-refractivity contribution in [3.8, 4) is 0 Å². The number of halogens is 1. The van der Waals surface area contributed by atoms with Crippen LogP contribution < -0.4 is 0 Å². The molecule has 0 aliphatic carbocycles. The SMILES string of the molecule is O=C=Nc1cc(Br)ccc1C=CC(=O)O. The third-order valence-corrected chi connectivity index (χ3v) is 2.06. The van der Waals surface area contributed by atoms with Crippen molar-refractivity contribution in [2.24, 2.45) is 4.99 Å². The van der Waals surface area contributed by atoms with E-state index in [2.05, 4.69) is 20.9 Å². The van der Waals surface area contributed by atoms with Crippen molar-refractivity contribution in [1.29, 1.82) is 0 Å². The maximum Gasteiger partial charge on any atom is 0.328 e. The van der Waals surface area contributed by atoms with Gasteiger partial charge in [-0.1, -0.05) is 22.0 Å². The van der Waals surface area contributed by atoms with Crippen LogP contribution in [-0.4, -0.2) is 17.2 Å². The number of hydrogen-bond acceptors (Lipinski definition) is 3. The molecule has 0 saturated carbocycles. The summed E-state index contributed by atoms with van der Waals surface area (Å²) in [7, 11) is 0. The Bertz CT molecular complexity index is 462. The highest BCUT2D eigenvalue weighted by molar-refractivity contribution is 9.10. The van der Waals surface area contributed by atoms with Gasteiger partial charge in [0.15, 0.2) is 0 Å². The molecule has 1 rings (SSSR count). The van der Waals surface area contributed by atoms with E-state index in [1.165, 1.54) is 12.2 Å². The van der Waals surface area contributed by atoms with Crippen molar-refractivity contribution in [3.63, 3.8) is 0 Å². The van der Waals surface area contributed by atoms with Gasteiger partial charge in [-0.15, -0.1) is 0 Å². The maximum absolute atomic E-state index is 10.3. The van der Waals surface area contributed by atoms with E-state index in [1.807, 2.05) is 0 Å². The Labute approximate surface area is 94.1 Å². The summed E-state index contributed by atoms with van der Waals surface area (Å²) >= 11 is 3.22. The van der Waals surface area contributed by atoms with Crippen molar-refractivity contribution >= 4 is 39.7 Å². The summed E-state index contributed by atoms with van der Waals surface area (Å²) < 4.78 is 0.754. The van der Waals surface area contributed by atoms with Gasteiger partial charge >= 0.3 is 5.97 Å². The molecule has 1 aromatic rings. The van der Waals surface area contributed by atoms with Gasteiger partial charge in [-0.2, -0.15) is 4.99 Å². The van der Waals surface area contributed by atoms with Gasteiger partial charge in [0, 0.05) is 16.1 Å². The van der Waals surface area contributed by atoms with E-state index in [4.69, 9.17) is 5.11 Å². The first kappa shape index (κ1) is 11.4. The first-order valence-corrected chi connectivity index (χ1v) is 4.71. The molecule has 0 heterocycles. The molecule has 4 nitrogen and oxygen atoms in total. The smallest absolute Gasteiger partial charge is 0.328 e. The molecule has 0 spiro atoms. The van der Waals surface area contributed by atoms with Gasteiger partial charge in [0.05, 0.1) is 5.69 Å². The summed E-state index contributed by atoms with van der Waals surface area (Å²) in [5, 5.41) is 8.45. The number of carboxylic acids is 1. The lowest BCUT2D eigenvalue weighted by atomic mass is 10.1. The van der Waals surface area contributed by atoms with Crippen LogP contribution >= 0.6 is 15.9 Å². The van der Waals surface area contributed by atoms with Gasteiger partial charge in [-0.3, -0.25) is 0 Å². The van der Waals surface area contributed by atoms with Crippen molar-refractivity contribution < 1.29 is 14.7 Å². The summed E-state index contributed by atoms with van der Waals surface area (Å²) in [6.07, 6.45) is 3.76. The number of isocyanates is 1. The predicted molar refractivity (Wildman–Crippen MR) is 58.6 cm³/mol. The second-order valence-corrected chi connectivity index (χ2v) is 3.49. The number of nitrogens with zero attached hydrogens (tertiary/aromatic N) is 1. The fourth-order valence-corrected chi connectivity index (χ4v) is 1.31. The molecule has 0 atom stereocenters. The standard InChI is InChI=1S/C10H6BrNO3/c11-8-3-1-7(2-4-10(14)15)9(5-8)12-6-13/h1-5H,(H,14,15). The first-order chi connectivity index (χ1) is 7.13. The van der Waals surface area contributed by atoms with Gasteiger partial charge in [0.25, 0.3) is 0 Å². The van der Waals surface area contributed by atoms with Crippen LogP contribution in [0.15, 0.2) is 33.7 Å². The Morgan fingerprint density at radius 1 is 1.53 bits per heavy atom. The van der Waals surface area contributed by atoms with Crippen LogP contribution in [0.3, 0.4) is 0 Å². The topological polar surface area (TPSA) is 66.7 Å². The van der Waals surface area contributed by atoms with Gasteiger partial charge in [0.2, 0.25) is 6.08 Å². The molecule has 15 heavy (non-hydrogen) atoms. The maximum atomic E-state index is 10.3. The number of rotatable bonds is 3. The molecule has 1 aromatic carbocycles. The third-order valence-electron chi connectivity index (χ3n) is 1.56. The summed E-state index contributed by atoms with van der Waals surface area (Å²) in [6, 6.07) is 4.98. The van der Waals surface area contributed by atoms with Crippen LogP contribution in [0.1, 0.15) is 5.56 Å². The highest BCUT2D eigenvalue weighted by Gasteiger charge is 1.99. The lowest BCUT2D eigenvalue weighted by Crippen LogP contribution is -1.85. The number of aliphatic imine (C=N–C) groups is 1. The van der Waals surface area contributed by atoms with Gasteiger partial charge < -0.3 is 5.11 Å². The minimum atomic E-state index is -1.06. The Morgan fingerprint density at radius 2 is 2.27 bits per heavy atom. The number of carbonyl (C=O) groups excluding carboxylic acids is 1. The fourth-order valence-electron chi connectivity index (χ4n) is 0.965. The molecule has 1 N–H and O–H groups in total. The van der Waals surface area contributed by atoms with Crippen LogP contribution in [0.25, 0.3) is 6.08 Å². The molecule has 0 bridgehead atoms. The highest BCUT2D eigenvalue weighted by Crippen LogP contribution is 2.24. The zero-order valence-electron chi connectivity index (χ0n) is 7.48. The monoisotopic (exact) mass is 267 g/mol. The molecule has 0 radical (unpaired) electrons. The second kappa shape index (κ2) is 5.24. The Balaban J connectivity index is 3.16. The molecular weight excluding hydrogens is 262 g/mol. The Kier molecular flexibility index (Phi) is 3.97. The number of hydrogen-bond donors (Lipinski definition) is 1. The number of benzene rings is 1. The number of carboxylic acid groups (broad SMARTS) is 1. The Hall–Kier alpha value is -1.71. The van der Waals surface area contributed by atoms with E-state index in [9.17, 15) is 9.59 Å². The normalized spacial score (nSPS) is 9.93. The molecule has 0 aromatic heterocycles. The summed E-state index contributed by atoms with van der Waals surface area (Å²) in [5.41, 5.74) is 0.917. The van der Waals surface area contributed by atoms with Gasteiger partial charge in [-0.25, -0.2) is 9.59 Å². The zero-order valence-corrected chi connectivity index (χ0v) is 9.06. The average Bonchev–Trinajstić information content (AvgIpc) is 2.17. The minimum absolute atomic E-state index is 0.372. The van der Waals surface area contributed by atoms with E-state index in [0.717, 1.165) is 10.5 Å². The van der Waals surface area contributed by atoms with Crippen LogP contribution in [-0.2, 0) is 9.59 Å². The molecule has 76 valence electrons. The van der Waals surface area contributed by atoms with Gasteiger partial charge in [0.1, 0.15) is 0 Å². The van der Waals surface area contributed by atoms with E-state index < -0.39 is 5.97 Å². The van der Waals surface area contributed by atoms with Crippen molar-refractivity contribution in [3.05, 3.63) is 34.3 Å². The molecule has 0 aliphatic rings. The quantitative estimate of drug-likeness (QED) is 0.520. The zero-order chi connectivity index (χ0) is 11.3. The van der Waals surface area contributed by atoms with Gasteiger partial charge in [-0.05, 0) is 18.2 Å². The van der Waals surface area contributed by atoms with Crippen LogP contribution in [0.5, 0.6) is 0 Å². The van der Waals surface area contributed by atoms with Crippen molar-refractivity contribution in [2.75, 3.05) is 0 Å². The molecule has 5 heteroatoms. The molecule has 0 fully saturated rings. The summed E-state index contributed by atoms with van der Waals surface area (Å²) in [5.74, 6) is -1.06. The van der Waals surface area contributed by atoms with E-state index >= 15 is 0 Å². The molecule has 0 amide bonds. The average molecular weight is 268 g/mol. The first-order valence-electron chi connectivity index (χ1n) is 3.92. The number of carbonyl (C=O) groups is 1. The largest absolute Gasteiger partial charge is 0.478 e. The molecular formula is C10H6BrNO3. The van der Waals surface area contributed by atoms with Crippen LogP contribution in [0, 0.1) is 0 Å². The van der Waals surface area contributed by atoms with Crippen LogP contribution in [0.2, 0.25) is 0 Å². The summed E-state index contributed by atoms with van der Waals surface area (Å²) in [4.78, 5) is 23.9. The lowest BCUT2D eigenvalue weighted by molar-refractivity contribution is -0.131. The molecule has 0 aliphatic heterocycles. The van der Waals surface area contributed by atoms with Crippen molar-refractivity contribution in [2.45, 2.75) is 0 Å². The lowest BCUT2D eigenvalue weighted by Gasteiger charge is -1.98. The molecule has 0 unspecified atom stereocenters. The minimum Gasteiger partial charge on any atom is -0.478 e. The van der Waals surface area contributed by atoms with E-state index in [0.29, 0.717) is 11.3 Å². The predicted octanol–water partition coefficient (Wildman–Crippen LogP) is 2.51. The second-order valence-electron chi connectivity index (χ2n) is 2.58. The van der Waals surface area contributed by atoms with E-state index in [1.54, 1.807) is 18.2 Å². The molecule has 0 saturated heterocycles. The van der Waals surface area contributed by atoms with Crippen LogP contribution in [0.4, 0.5) is 5.69 Å². The number of aliphatic carboxylic acids is 1. The Morgan fingerprint density at radius 3 is 2.87 bits per heavy atom. The van der Waals surface area contributed by atoms with Crippen molar-refractivity contribution in [1.82, 2.24) is 0 Å².